The van der Waals surface area contributed by atoms with Gasteiger partial charge in [0.05, 0.1) is 0 Å². The Kier molecular flexibility index (Phi) is 2.29. The molecule has 0 bridgehead atoms. The second-order valence-electron chi connectivity index (χ2n) is 2.49. The molecule has 0 fully saturated rings. The molecular weight excluding hydrogens is 192 g/mol. The Hall–Kier alpha value is -2.24. The third-order valence-electron chi connectivity index (χ3n) is 1.50. The summed E-state index contributed by atoms with van der Waals surface area (Å²) < 4.78 is 0. The van der Waals surface area contributed by atoms with Crippen molar-refractivity contribution in [3.05, 3.63) is 17.7 Å². The SMILES string of the molecule is O=C(O)C(=O)c1c(O)cc(O)cc1O. The van der Waals surface area contributed by atoms with Gasteiger partial charge in [0.2, 0.25) is 0 Å². The van der Waals surface area contributed by atoms with Gasteiger partial charge in [-0.2, -0.15) is 0 Å². The Morgan fingerprint density at radius 3 is 1.79 bits per heavy atom. The van der Waals surface area contributed by atoms with Gasteiger partial charge in [0.15, 0.2) is 0 Å². The van der Waals surface area contributed by atoms with Gasteiger partial charge < -0.3 is 20.4 Å². The van der Waals surface area contributed by atoms with Crippen LogP contribution in [0.3, 0.4) is 0 Å². The number of carboxylic acids is 1. The average Bonchev–Trinajstić information content (AvgIpc) is 2.01. The zero-order chi connectivity index (χ0) is 10.9. The van der Waals surface area contributed by atoms with E-state index in [1.807, 2.05) is 0 Å². The highest BCUT2D eigenvalue weighted by Crippen LogP contribution is 2.31. The fourth-order valence-corrected chi connectivity index (χ4v) is 0.937. The molecule has 14 heavy (non-hydrogen) atoms. The molecule has 0 unspecified atom stereocenters. The van der Waals surface area contributed by atoms with Crippen LogP contribution < -0.4 is 0 Å². The molecule has 1 aromatic rings. The molecule has 0 heterocycles. The summed E-state index contributed by atoms with van der Waals surface area (Å²) in [5.41, 5.74) is -0.740. The van der Waals surface area contributed by atoms with Crippen molar-refractivity contribution in [2.24, 2.45) is 0 Å². The fourth-order valence-electron chi connectivity index (χ4n) is 0.937. The van der Waals surface area contributed by atoms with E-state index in [0.717, 1.165) is 12.1 Å². The summed E-state index contributed by atoms with van der Waals surface area (Å²) in [6.07, 6.45) is 0. The molecule has 0 aliphatic rings. The number of Topliss-reactive ketones (excluding diaryl/α,β-unsaturated/α-hetero) is 1. The number of aliphatic carboxylic acids is 1. The number of ketones is 1. The summed E-state index contributed by atoms with van der Waals surface area (Å²) in [5, 5.41) is 35.4. The molecule has 0 spiro atoms. The highest BCUT2D eigenvalue weighted by molar-refractivity contribution is 6.41. The van der Waals surface area contributed by atoms with Crippen LogP contribution in [-0.4, -0.2) is 32.2 Å². The third kappa shape index (κ3) is 1.58. The normalized spacial score (nSPS) is 9.71. The second kappa shape index (κ2) is 3.25. The maximum Gasteiger partial charge on any atom is 0.377 e. The lowest BCUT2D eigenvalue weighted by Crippen LogP contribution is -2.12. The number of carbonyl (C=O) groups is 2. The first kappa shape index (κ1) is 9.85. The lowest BCUT2D eigenvalue weighted by atomic mass is 10.1. The molecule has 0 saturated heterocycles. The van der Waals surface area contributed by atoms with Crippen molar-refractivity contribution in [1.82, 2.24) is 0 Å². The van der Waals surface area contributed by atoms with E-state index in [2.05, 4.69) is 0 Å². The van der Waals surface area contributed by atoms with Crippen LogP contribution in [0.4, 0.5) is 0 Å². The van der Waals surface area contributed by atoms with E-state index in [4.69, 9.17) is 20.4 Å². The highest BCUT2D eigenvalue weighted by Gasteiger charge is 2.23. The molecule has 0 radical (unpaired) electrons. The van der Waals surface area contributed by atoms with E-state index in [0.29, 0.717) is 0 Å². The van der Waals surface area contributed by atoms with Gasteiger partial charge in [-0.25, -0.2) is 4.79 Å². The van der Waals surface area contributed by atoms with Crippen molar-refractivity contribution in [2.45, 2.75) is 0 Å². The monoisotopic (exact) mass is 198 g/mol. The smallest absolute Gasteiger partial charge is 0.377 e. The molecule has 0 amide bonds. The zero-order valence-electron chi connectivity index (χ0n) is 6.76. The molecule has 1 aromatic carbocycles. The van der Waals surface area contributed by atoms with Gasteiger partial charge >= 0.3 is 5.97 Å². The first-order valence-corrected chi connectivity index (χ1v) is 3.46. The molecule has 1 rings (SSSR count). The van der Waals surface area contributed by atoms with Gasteiger partial charge in [-0.15, -0.1) is 0 Å². The number of carboxylic acid groups (broad SMARTS) is 1. The number of benzene rings is 1. The van der Waals surface area contributed by atoms with Crippen molar-refractivity contribution in [3.63, 3.8) is 0 Å². The van der Waals surface area contributed by atoms with Crippen LogP contribution in [-0.2, 0) is 4.79 Å². The number of phenolic OH excluding ortho intramolecular Hbond substituents is 3. The van der Waals surface area contributed by atoms with Gasteiger partial charge in [-0.05, 0) is 0 Å². The number of hydrogen-bond donors (Lipinski definition) is 4. The van der Waals surface area contributed by atoms with Crippen molar-refractivity contribution in [3.8, 4) is 17.2 Å². The molecule has 0 aliphatic carbocycles. The molecule has 6 nitrogen and oxygen atoms in total. The Morgan fingerprint density at radius 1 is 1.00 bits per heavy atom. The number of carbonyl (C=O) groups excluding carboxylic acids is 1. The Bertz CT molecular complexity index is 385. The maximum absolute atomic E-state index is 10.9. The van der Waals surface area contributed by atoms with Gasteiger partial charge in [-0.3, -0.25) is 4.79 Å². The number of phenols is 3. The maximum atomic E-state index is 10.9. The largest absolute Gasteiger partial charge is 0.508 e. The number of rotatable bonds is 2. The first-order valence-electron chi connectivity index (χ1n) is 3.46. The standard InChI is InChI=1S/C8H6O6/c9-3-1-4(10)6(5(11)2-3)7(12)8(13)14/h1-2,9-11H,(H,13,14). The molecule has 0 saturated carbocycles. The topological polar surface area (TPSA) is 115 Å². The quantitative estimate of drug-likeness (QED) is 0.395. The summed E-state index contributed by atoms with van der Waals surface area (Å²) in [5.74, 6) is -5.28. The molecule has 6 heteroatoms. The van der Waals surface area contributed by atoms with Crippen LogP contribution in [0.2, 0.25) is 0 Å². The lowest BCUT2D eigenvalue weighted by molar-refractivity contribution is -0.131. The first-order chi connectivity index (χ1) is 6.43. The van der Waals surface area contributed by atoms with Crippen LogP contribution in [0.5, 0.6) is 17.2 Å². The van der Waals surface area contributed by atoms with Gasteiger partial charge in [0.25, 0.3) is 5.78 Å². The zero-order valence-corrected chi connectivity index (χ0v) is 6.76. The summed E-state index contributed by atoms with van der Waals surface area (Å²) in [4.78, 5) is 21.2. The van der Waals surface area contributed by atoms with Crippen molar-refractivity contribution < 1.29 is 30.0 Å². The summed E-state index contributed by atoms with van der Waals surface area (Å²) in [6.45, 7) is 0. The predicted octanol–water partition coefficient (Wildman–Crippen LogP) is 0.0707. The van der Waals surface area contributed by atoms with Crippen molar-refractivity contribution >= 4 is 11.8 Å². The van der Waals surface area contributed by atoms with E-state index in [9.17, 15) is 9.59 Å². The number of hydrogen-bond acceptors (Lipinski definition) is 5. The lowest BCUT2D eigenvalue weighted by Gasteiger charge is -2.03. The minimum atomic E-state index is -1.80. The van der Waals surface area contributed by atoms with E-state index >= 15 is 0 Å². The summed E-state index contributed by atoms with van der Waals surface area (Å²) >= 11 is 0. The Labute approximate surface area is 77.7 Å². The van der Waals surface area contributed by atoms with Gasteiger partial charge in [0.1, 0.15) is 22.8 Å². The molecule has 0 aliphatic heterocycles. The molecule has 74 valence electrons. The third-order valence-corrected chi connectivity index (χ3v) is 1.50. The van der Waals surface area contributed by atoms with Gasteiger partial charge in [-0.1, -0.05) is 0 Å². The second-order valence-corrected chi connectivity index (χ2v) is 2.49. The minimum Gasteiger partial charge on any atom is -0.508 e. The molecule has 0 aromatic heterocycles. The van der Waals surface area contributed by atoms with Gasteiger partial charge in [0, 0.05) is 12.1 Å². The van der Waals surface area contributed by atoms with Crippen LogP contribution in [0, 0.1) is 0 Å². The summed E-state index contributed by atoms with van der Waals surface area (Å²) in [6, 6.07) is 1.52. The van der Waals surface area contributed by atoms with E-state index < -0.39 is 34.6 Å². The average molecular weight is 198 g/mol. The minimum absolute atomic E-state index is 0.470. The Morgan fingerprint density at radius 2 is 1.43 bits per heavy atom. The van der Waals surface area contributed by atoms with Crippen LogP contribution in [0.25, 0.3) is 0 Å². The van der Waals surface area contributed by atoms with Crippen molar-refractivity contribution in [1.29, 1.82) is 0 Å². The Balaban J connectivity index is 3.35. The fraction of sp³-hybridized carbons (Fsp3) is 0. The van der Waals surface area contributed by atoms with Crippen LogP contribution >= 0.6 is 0 Å². The number of aromatic hydroxyl groups is 3. The summed E-state index contributed by atoms with van der Waals surface area (Å²) in [7, 11) is 0. The molecule has 4 N–H and O–H groups in total. The molecule has 0 atom stereocenters. The van der Waals surface area contributed by atoms with E-state index in [1.54, 1.807) is 0 Å². The highest BCUT2D eigenvalue weighted by atomic mass is 16.4. The van der Waals surface area contributed by atoms with Crippen molar-refractivity contribution in [2.75, 3.05) is 0 Å². The van der Waals surface area contributed by atoms with E-state index in [1.165, 1.54) is 0 Å². The predicted molar refractivity (Wildman–Crippen MR) is 43.4 cm³/mol. The molecular formula is C8H6O6. The van der Waals surface area contributed by atoms with E-state index in [-0.39, 0.29) is 0 Å². The van der Waals surface area contributed by atoms with Crippen LogP contribution in [0.15, 0.2) is 12.1 Å². The van der Waals surface area contributed by atoms with Crippen LogP contribution in [0.1, 0.15) is 10.4 Å².